The van der Waals surface area contributed by atoms with Crippen molar-refractivity contribution in [2.45, 2.75) is 24.9 Å². The molecule has 1 amide bonds. The Kier molecular flexibility index (Phi) is 5.09. The Hall–Kier alpha value is -2.80. The number of nitrogens with one attached hydrogen (secondary N) is 2. The van der Waals surface area contributed by atoms with E-state index in [0.29, 0.717) is 6.54 Å². The molecule has 4 bridgehead atoms. The van der Waals surface area contributed by atoms with Crippen molar-refractivity contribution in [1.82, 2.24) is 15.2 Å². The van der Waals surface area contributed by atoms with Gasteiger partial charge in [-0.05, 0) is 31.0 Å². The van der Waals surface area contributed by atoms with E-state index in [-0.39, 0.29) is 18.0 Å². The van der Waals surface area contributed by atoms with Gasteiger partial charge in [-0.2, -0.15) is 0 Å². The number of pyridine rings is 1. The number of benzene rings is 1. The highest BCUT2D eigenvalue weighted by Crippen LogP contribution is 2.35. The molecule has 2 aromatic rings. The van der Waals surface area contributed by atoms with Gasteiger partial charge in [0.25, 0.3) is 0 Å². The molecule has 0 spiro atoms. The van der Waals surface area contributed by atoms with Crippen molar-refractivity contribution >= 4 is 23.1 Å². The number of para-hydroxylation sites is 1. The third kappa shape index (κ3) is 3.62. The van der Waals surface area contributed by atoms with Crippen LogP contribution >= 0.6 is 0 Å². The lowest BCUT2D eigenvalue weighted by atomic mass is 10.1. The maximum atomic E-state index is 12.7. The highest BCUT2D eigenvalue weighted by Gasteiger charge is 2.31. The van der Waals surface area contributed by atoms with Crippen LogP contribution in [0.4, 0.5) is 17.2 Å². The van der Waals surface area contributed by atoms with Crippen LogP contribution in [-0.4, -0.2) is 61.6 Å². The number of nitrogens with zero attached hydrogens (tertiary/aromatic N) is 3. The molecule has 1 fully saturated rings. The standard InChI is InChI=1S/C21H28N6O/c1-26-10-5-11-27(2)21(28)18-12-14(13-23-18)24-19-9-4-8-17(25-19)15-6-3-7-16(22)20(15)26/h3-4,6-9,14,18,23H,5,10-13,22H2,1-2H3,(H,24,25). The number of rotatable bonds is 0. The number of anilines is 3. The molecule has 1 aromatic carbocycles. The average molecular weight is 380 g/mol. The van der Waals surface area contributed by atoms with Crippen LogP contribution in [0.3, 0.4) is 0 Å². The first-order valence-electron chi connectivity index (χ1n) is 9.85. The molecule has 0 saturated carbocycles. The number of likely N-dealkylation sites (N-methyl/N-ethyl adjacent to an activating group) is 1. The van der Waals surface area contributed by atoms with Gasteiger partial charge in [0.05, 0.1) is 23.1 Å². The second-order valence-electron chi connectivity index (χ2n) is 7.72. The Morgan fingerprint density at radius 2 is 1.89 bits per heavy atom. The van der Waals surface area contributed by atoms with Gasteiger partial charge in [0.2, 0.25) is 5.91 Å². The first-order chi connectivity index (χ1) is 13.5. The largest absolute Gasteiger partial charge is 0.397 e. The Morgan fingerprint density at radius 1 is 1.11 bits per heavy atom. The number of carbonyl (C=O) groups excluding carboxylic acids is 1. The van der Waals surface area contributed by atoms with Gasteiger partial charge >= 0.3 is 0 Å². The zero-order valence-electron chi connectivity index (χ0n) is 16.5. The molecule has 1 aromatic heterocycles. The fourth-order valence-electron chi connectivity index (χ4n) is 4.14. The van der Waals surface area contributed by atoms with Gasteiger partial charge in [-0.15, -0.1) is 0 Å². The van der Waals surface area contributed by atoms with E-state index in [1.54, 1.807) is 0 Å². The monoisotopic (exact) mass is 380 g/mol. The maximum Gasteiger partial charge on any atom is 0.239 e. The number of carbonyl (C=O) groups is 1. The van der Waals surface area contributed by atoms with Crippen molar-refractivity contribution in [2.24, 2.45) is 0 Å². The molecular formula is C21H28N6O. The quantitative estimate of drug-likeness (QED) is 0.604. The van der Waals surface area contributed by atoms with Crippen LogP contribution in [0.15, 0.2) is 36.4 Å². The van der Waals surface area contributed by atoms with Gasteiger partial charge in [0.1, 0.15) is 5.82 Å². The molecular weight excluding hydrogens is 352 g/mol. The number of nitrogens with two attached hydrogens (primary N) is 1. The maximum absolute atomic E-state index is 12.7. The molecule has 2 aliphatic rings. The molecule has 2 unspecified atom stereocenters. The van der Waals surface area contributed by atoms with Gasteiger partial charge in [0.15, 0.2) is 0 Å². The first kappa shape index (κ1) is 18.6. The molecule has 3 heterocycles. The summed E-state index contributed by atoms with van der Waals surface area (Å²) in [6.07, 6.45) is 1.63. The zero-order valence-corrected chi connectivity index (χ0v) is 16.5. The van der Waals surface area contributed by atoms with E-state index < -0.39 is 0 Å². The van der Waals surface area contributed by atoms with Gasteiger partial charge < -0.3 is 26.2 Å². The van der Waals surface area contributed by atoms with E-state index in [2.05, 4.69) is 21.6 Å². The fourth-order valence-corrected chi connectivity index (χ4v) is 4.14. The van der Waals surface area contributed by atoms with Crippen LogP contribution in [0.5, 0.6) is 0 Å². The first-order valence-corrected chi connectivity index (χ1v) is 9.85. The van der Waals surface area contributed by atoms with E-state index in [1.807, 2.05) is 49.3 Å². The van der Waals surface area contributed by atoms with Crippen LogP contribution < -0.4 is 21.3 Å². The van der Waals surface area contributed by atoms with Crippen LogP contribution in [-0.2, 0) is 4.79 Å². The summed E-state index contributed by atoms with van der Waals surface area (Å²) in [4.78, 5) is 21.6. The van der Waals surface area contributed by atoms with Crippen molar-refractivity contribution in [3.8, 4) is 11.3 Å². The van der Waals surface area contributed by atoms with Crippen LogP contribution in [0, 0.1) is 0 Å². The summed E-state index contributed by atoms with van der Waals surface area (Å²) < 4.78 is 0. The number of aromatic nitrogens is 1. The molecule has 28 heavy (non-hydrogen) atoms. The summed E-state index contributed by atoms with van der Waals surface area (Å²) in [5.41, 5.74) is 9.97. The molecule has 2 atom stereocenters. The van der Waals surface area contributed by atoms with Crippen molar-refractivity contribution in [3.05, 3.63) is 36.4 Å². The van der Waals surface area contributed by atoms with E-state index >= 15 is 0 Å². The molecule has 7 heteroatoms. The van der Waals surface area contributed by atoms with Crippen LogP contribution in [0.2, 0.25) is 0 Å². The summed E-state index contributed by atoms with van der Waals surface area (Å²) in [6, 6.07) is 12.0. The minimum atomic E-state index is -0.138. The fraction of sp³-hybridized carbons (Fsp3) is 0.429. The van der Waals surface area contributed by atoms with Crippen molar-refractivity contribution in [1.29, 1.82) is 0 Å². The van der Waals surface area contributed by atoms with E-state index in [1.165, 1.54) is 0 Å². The number of nitrogen functional groups attached to an aromatic ring is 1. The van der Waals surface area contributed by atoms with E-state index in [0.717, 1.165) is 54.4 Å². The lowest BCUT2D eigenvalue weighted by Gasteiger charge is -2.26. The molecule has 4 N–H and O–H groups in total. The van der Waals surface area contributed by atoms with Crippen LogP contribution in [0.1, 0.15) is 12.8 Å². The van der Waals surface area contributed by atoms with E-state index in [9.17, 15) is 4.79 Å². The molecule has 4 rings (SSSR count). The number of amides is 1. The normalized spacial score (nSPS) is 22.9. The molecule has 7 nitrogen and oxygen atoms in total. The Morgan fingerprint density at radius 3 is 2.75 bits per heavy atom. The van der Waals surface area contributed by atoms with Gasteiger partial charge in [0, 0.05) is 45.3 Å². The molecule has 0 aliphatic carbocycles. The summed E-state index contributed by atoms with van der Waals surface area (Å²) in [7, 11) is 3.93. The molecule has 0 radical (unpaired) electrons. The average Bonchev–Trinajstić information content (AvgIpc) is 3.15. The minimum Gasteiger partial charge on any atom is -0.397 e. The predicted molar refractivity (Wildman–Crippen MR) is 113 cm³/mol. The summed E-state index contributed by atoms with van der Waals surface area (Å²) >= 11 is 0. The zero-order chi connectivity index (χ0) is 19.7. The highest BCUT2D eigenvalue weighted by molar-refractivity contribution is 5.86. The Labute approximate surface area is 165 Å². The van der Waals surface area contributed by atoms with Crippen LogP contribution in [0.25, 0.3) is 11.3 Å². The summed E-state index contributed by atoms with van der Waals surface area (Å²) in [5.74, 6) is 0.972. The lowest BCUT2D eigenvalue weighted by Crippen LogP contribution is -2.42. The third-order valence-electron chi connectivity index (χ3n) is 5.62. The lowest BCUT2D eigenvalue weighted by molar-refractivity contribution is -0.131. The second-order valence-corrected chi connectivity index (χ2v) is 7.72. The van der Waals surface area contributed by atoms with Gasteiger partial charge in [-0.3, -0.25) is 4.79 Å². The third-order valence-corrected chi connectivity index (χ3v) is 5.62. The highest BCUT2D eigenvalue weighted by atomic mass is 16.2. The van der Waals surface area contributed by atoms with Crippen molar-refractivity contribution in [2.75, 3.05) is 49.7 Å². The van der Waals surface area contributed by atoms with Gasteiger partial charge in [-0.1, -0.05) is 18.2 Å². The molecule has 1 saturated heterocycles. The number of hydrogen-bond acceptors (Lipinski definition) is 6. The summed E-state index contributed by atoms with van der Waals surface area (Å²) in [5, 5.41) is 6.83. The number of hydrogen-bond donors (Lipinski definition) is 3. The number of fused-ring (bicyclic) bond motifs is 6. The second kappa shape index (κ2) is 7.67. The minimum absolute atomic E-state index is 0.138. The van der Waals surface area contributed by atoms with E-state index in [4.69, 9.17) is 10.7 Å². The van der Waals surface area contributed by atoms with Gasteiger partial charge in [-0.25, -0.2) is 4.98 Å². The Balaban J connectivity index is 1.73. The smallest absolute Gasteiger partial charge is 0.239 e. The SMILES string of the molecule is CN1CCCN(C)c2c(N)cccc2-c2cccc(n2)NC2CNC(C2)C1=O. The van der Waals surface area contributed by atoms with Crippen molar-refractivity contribution < 1.29 is 4.79 Å². The molecule has 148 valence electrons. The Bertz CT molecular complexity index is 870. The van der Waals surface area contributed by atoms with Crippen molar-refractivity contribution in [3.63, 3.8) is 0 Å². The summed E-state index contributed by atoms with van der Waals surface area (Å²) in [6.45, 7) is 2.27. The predicted octanol–water partition coefficient (Wildman–Crippen LogP) is 1.77. The topological polar surface area (TPSA) is 86.5 Å². The molecule has 2 aliphatic heterocycles.